The summed E-state index contributed by atoms with van der Waals surface area (Å²) in [5.41, 5.74) is 19.3. The lowest BCUT2D eigenvalue weighted by atomic mass is 9.33. The number of anilines is 6. The Morgan fingerprint density at radius 2 is 0.893 bits per heavy atom. The van der Waals surface area contributed by atoms with Crippen LogP contribution in [0.5, 0.6) is 0 Å². The van der Waals surface area contributed by atoms with E-state index in [1.807, 2.05) is 103 Å². The molecule has 0 saturated heterocycles. The normalized spacial score (nSPS) is 14.4. The first-order valence-corrected chi connectivity index (χ1v) is 37.5. The zero-order valence-electron chi connectivity index (χ0n) is 74.9. The predicted molar refractivity (Wildman–Crippen MR) is 469 cm³/mol. The van der Waals surface area contributed by atoms with Crippen molar-refractivity contribution in [1.29, 1.82) is 5.26 Å². The molecule has 4 heterocycles. The van der Waals surface area contributed by atoms with Crippen molar-refractivity contribution in [3.63, 3.8) is 0 Å². The van der Waals surface area contributed by atoms with Gasteiger partial charge in [-0.15, -0.1) is 0 Å². The highest BCUT2D eigenvalue weighted by Gasteiger charge is 2.46. The largest absolute Gasteiger partial charge is 0.310 e. The summed E-state index contributed by atoms with van der Waals surface area (Å²) in [5.74, 6) is 0. The third-order valence-corrected chi connectivity index (χ3v) is 23.0. The van der Waals surface area contributed by atoms with Gasteiger partial charge in [-0.25, -0.2) is 4.85 Å². The van der Waals surface area contributed by atoms with Gasteiger partial charge in [0.2, 0.25) is 0 Å². The average molecular weight is 1440 g/mol. The summed E-state index contributed by atoms with van der Waals surface area (Å²) in [6, 6.07) is 87.1. The number of fused-ring (bicyclic) bond motifs is 16. The highest BCUT2D eigenvalue weighted by Crippen LogP contribution is 2.56. The number of nitriles is 1. The van der Waals surface area contributed by atoms with Crippen molar-refractivity contribution in [3.8, 4) is 84.2 Å². The second kappa shape index (κ2) is 25.0. The summed E-state index contributed by atoms with van der Waals surface area (Å²) in [7, 11) is 0. The molecule has 22 rings (SSSR count). The third kappa shape index (κ3) is 9.97. The molecule has 0 amide bonds. The predicted octanol–water partition coefficient (Wildman–Crippen LogP) is 25.9. The first-order chi connectivity index (χ1) is 60.9. The van der Waals surface area contributed by atoms with Crippen LogP contribution in [0.2, 0.25) is 0 Å². The van der Waals surface area contributed by atoms with E-state index < -0.39 is 108 Å². The molecule has 2 aliphatic heterocycles. The van der Waals surface area contributed by atoms with E-state index in [4.69, 9.17) is 6.57 Å². The van der Waals surface area contributed by atoms with Crippen LogP contribution in [0.15, 0.2) is 352 Å². The van der Waals surface area contributed by atoms with E-state index >= 15 is 0 Å². The van der Waals surface area contributed by atoms with Gasteiger partial charge in [0, 0.05) is 75.3 Å². The summed E-state index contributed by atoms with van der Waals surface area (Å²) in [6.07, 6.45) is 0.720. The van der Waals surface area contributed by atoms with E-state index in [0.717, 1.165) is 123 Å². The van der Waals surface area contributed by atoms with Crippen molar-refractivity contribution in [3.05, 3.63) is 385 Å². The quantitative estimate of drug-likeness (QED) is 0.0822. The second-order valence-electron chi connectivity index (χ2n) is 30.2. The Hall–Kier alpha value is -14.5. The summed E-state index contributed by atoms with van der Waals surface area (Å²) in [6.45, 7) is 14.1. The Morgan fingerprint density at radius 1 is 0.384 bits per heavy atom. The summed E-state index contributed by atoms with van der Waals surface area (Å²) < 4.78 is 139. The average Bonchev–Trinajstić information content (AvgIpc) is 0.898. The Balaban J connectivity index is 0.961. The SMILES string of the molecule is [2H]c1c([2H])c([2H])c2c(c1[2H])c1c([2H])c(C#N)c([2H])c([2H])c1n2-c1ccc2c(c1)N(c1c(-c3ccccc3)cc(C(C)(C)C)cc1-c1ccccc1)c1cc(-c3ccc4c(c3)-c3ccccc3C4)cc3c1B2c1ccc(-n2c4c([2H])c([2H])c([2H])c([2H])c4c4c([2H])c([N+]#[C-])c([2H])c([2H])c42)cc1N3c1c(-c2ccccc2)cccc1-c1ccc2ccc3ccccc3c2c1. The van der Waals surface area contributed by atoms with E-state index in [2.05, 4.69) is 205 Å². The van der Waals surface area contributed by atoms with Gasteiger partial charge in [0.25, 0.3) is 6.71 Å². The zero-order valence-corrected chi connectivity index (χ0v) is 60.9. The minimum absolute atomic E-state index is 0.0736. The molecule has 0 N–H and O–H groups in total. The smallest absolute Gasteiger partial charge is 0.252 e. The van der Waals surface area contributed by atoms with Gasteiger partial charge < -0.3 is 18.9 Å². The van der Waals surface area contributed by atoms with Crippen LogP contribution in [0.3, 0.4) is 0 Å². The lowest BCUT2D eigenvalue weighted by molar-refractivity contribution is 0.591. The summed E-state index contributed by atoms with van der Waals surface area (Å²) >= 11 is 0. The van der Waals surface area contributed by atoms with E-state index in [1.54, 1.807) is 9.13 Å². The van der Waals surface area contributed by atoms with Crippen LogP contribution in [0, 0.1) is 17.9 Å². The fraction of sp³-hybridized carbons (Fsp3) is 0.0476. The van der Waals surface area contributed by atoms with E-state index in [1.165, 1.54) is 5.56 Å². The molecule has 0 saturated carbocycles. The van der Waals surface area contributed by atoms with Gasteiger partial charge in [-0.3, -0.25) is 0 Å². The molecule has 0 fully saturated rings. The van der Waals surface area contributed by atoms with Crippen LogP contribution in [-0.4, -0.2) is 15.8 Å². The molecule has 2 aromatic heterocycles. The number of benzene rings is 17. The number of para-hydroxylation sites is 3. The maximum atomic E-state index is 10.8. The molecule has 0 radical (unpaired) electrons. The maximum absolute atomic E-state index is 10.8. The number of rotatable bonds is 9. The molecular weight excluding hydrogens is 1360 g/mol. The minimum Gasteiger partial charge on any atom is -0.310 e. The summed E-state index contributed by atoms with van der Waals surface area (Å²) in [5, 5.41) is 14.5. The monoisotopic (exact) mass is 1440 g/mol. The van der Waals surface area contributed by atoms with Crippen molar-refractivity contribution >= 4 is 128 Å². The van der Waals surface area contributed by atoms with Gasteiger partial charge in [-0.05, 0) is 219 Å². The number of hydrogen-bond donors (Lipinski definition) is 0. The molecular formula is C105H69BN6. The molecule has 0 unspecified atom stereocenters. The van der Waals surface area contributed by atoms with Crippen LogP contribution in [-0.2, 0) is 11.8 Å². The van der Waals surface area contributed by atoms with Crippen LogP contribution in [0.25, 0.3) is 148 Å². The van der Waals surface area contributed by atoms with E-state index in [0.29, 0.717) is 33.7 Å². The third-order valence-electron chi connectivity index (χ3n) is 23.0. The van der Waals surface area contributed by atoms with Gasteiger partial charge in [-0.2, -0.15) is 5.26 Å². The topological polar surface area (TPSA) is 44.5 Å². The standard InChI is InChI=1S/C105H69BN6/c1-105(2,3)76-59-88(67-25-10-6-11-26-67)104(89(60-76)68-27-12-7-13-28-68)112-99-63-78(109-94-37-20-18-33-84(94)90-53-65(64-107)39-51-96(90)109)47-50-93(99)106-92-49-48-79(110-95-38-21-19-34-85(95)91-61-77(108-4)46-52-97(91)110)62-98(92)111(100-57-75(58-101(112)102(100)106)71-43-45-73-54-72-30-15-17-32-81(72)87(73)55-71)103-82(66-23-8-5-9-24-66)35-22-36-83(103)74-44-42-70-41-40-69-29-14-16-31-80(69)86(70)56-74/h5-53,55-63H,54H2,1-3H3/i18D,19D,20D,21D,33D,34D,37D,38D,39D,46D,51D,52D,53D,61D. The molecule has 1 aliphatic carbocycles. The van der Waals surface area contributed by atoms with Crippen molar-refractivity contribution in [2.75, 3.05) is 9.80 Å². The molecule has 0 spiro atoms. The molecule has 3 aliphatic rings. The lowest BCUT2D eigenvalue weighted by Gasteiger charge is -2.46. The number of aromatic nitrogens is 2. The first-order valence-electron chi connectivity index (χ1n) is 44.5. The van der Waals surface area contributed by atoms with Gasteiger partial charge >= 0.3 is 0 Å². The molecule has 0 bridgehead atoms. The molecule has 522 valence electrons. The van der Waals surface area contributed by atoms with Crippen molar-refractivity contribution in [2.45, 2.75) is 32.6 Å². The van der Waals surface area contributed by atoms with Gasteiger partial charge in [0.1, 0.15) is 0 Å². The molecule has 0 atom stereocenters. The number of hydrogen-bond acceptors (Lipinski definition) is 3. The second-order valence-corrected chi connectivity index (χ2v) is 30.2. The van der Waals surface area contributed by atoms with Crippen LogP contribution in [0.4, 0.5) is 39.8 Å². The first kappa shape index (κ1) is 51.7. The van der Waals surface area contributed by atoms with Gasteiger partial charge in [0.05, 0.1) is 68.1 Å². The van der Waals surface area contributed by atoms with Crippen molar-refractivity contribution in [1.82, 2.24) is 9.13 Å². The van der Waals surface area contributed by atoms with Crippen LogP contribution < -0.4 is 26.2 Å². The number of nitrogens with zero attached hydrogens (tertiary/aromatic N) is 6. The van der Waals surface area contributed by atoms with E-state index in [-0.39, 0.29) is 55.0 Å². The highest BCUT2D eigenvalue weighted by atomic mass is 15.2. The Bertz CT molecular complexity index is 8150. The molecule has 17 aromatic carbocycles. The fourth-order valence-electron chi connectivity index (χ4n) is 17.9. The Kier molecular flexibility index (Phi) is 11.6. The molecule has 112 heavy (non-hydrogen) atoms. The zero-order chi connectivity index (χ0) is 86.8. The van der Waals surface area contributed by atoms with Gasteiger partial charge in [0.15, 0.2) is 5.69 Å². The molecule has 7 heteroatoms. The van der Waals surface area contributed by atoms with Gasteiger partial charge in [-0.1, -0.05) is 269 Å². The van der Waals surface area contributed by atoms with E-state index in [9.17, 15) is 24.5 Å². The van der Waals surface area contributed by atoms with Crippen LogP contribution in [0.1, 0.15) is 62.2 Å². The fourth-order valence-corrected chi connectivity index (χ4v) is 17.9. The maximum Gasteiger partial charge on any atom is 0.252 e. The molecule has 6 nitrogen and oxygen atoms in total. The summed E-state index contributed by atoms with van der Waals surface area (Å²) in [4.78, 5) is 8.30. The highest BCUT2D eigenvalue weighted by molar-refractivity contribution is 7.00. The van der Waals surface area contributed by atoms with Crippen molar-refractivity contribution < 1.29 is 19.2 Å². The Labute approximate surface area is 670 Å². The lowest BCUT2D eigenvalue weighted by Crippen LogP contribution is -2.61. The van der Waals surface area contributed by atoms with Crippen LogP contribution >= 0.6 is 0 Å². The van der Waals surface area contributed by atoms with Crippen molar-refractivity contribution in [2.24, 2.45) is 0 Å². The molecule has 19 aromatic rings. The Morgan fingerprint density at radius 3 is 1.52 bits per heavy atom. The minimum atomic E-state index is -0.826.